The molecular formula is C15H19N3O3. The molecule has 6 heteroatoms. The Balaban J connectivity index is 2.31. The van der Waals surface area contributed by atoms with Gasteiger partial charge in [-0.15, -0.1) is 0 Å². The highest BCUT2D eigenvalue weighted by molar-refractivity contribution is 5.87. The molecule has 0 amide bonds. The van der Waals surface area contributed by atoms with Crippen LogP contribution in [-0.4, -0.2) is 25.4 Å². The highest BCUT2D eigenvalue weighted by Gasteiger charge is 2.12. The van der Waals surface area contributed by atoms with Crippen molar-refractivity contribution in [2.75, 3.05) is 0 Å². The number of aryl methyl sites for hydroxylation is 1. The van der Waals surface area contributed by atoms with Gasteiger partial charge in [-0.2, -0.15) is 5.10 Å². The summed E-state index contributed by atoms with van der Waals surface area (Å²) < 4.78 is 3.62. The number of hydrogen-bond donors (Lipinski definition) is 1. The predicted octanol–water partition coefficient (Wildman–Crippen LogP) is 2.07. The number of carbonyl (C=O) groups is 1. The van der Waals surface area contributed by atoms with Gasteiger partial charge in [-0.05, 0) is 26.3 Å². The van der Waals surface area contributed by atoms with Crippen molar-refractivity contribution in [1.29, 1.82) is 0 Å². The van der Waals surface area contributed by atoms with E-state index in [2.05, 4.69) is 18.9 Å². The number of rotatable bonds is 5. The van der Waals surface area contributed by atoms with Crippen molar-refractivity contribution in [3.05, 3.63) is 51.7 Å². The number of carboxylic acid groups (broad SMARTS) is 1. The van der Waals surface area contributed by atoms with Crippen LogP contribution in [0.25, 0.3) is 0 Å². The van der Waals surface area contributed by atoms with Gasteiger partial charge >= 0.3 is 5.97 Å². The summed E-state index contributed by atoms with van der Waals surface area (Å²) in [5, 5.41) is 13.5. The Morgan fingerprint density at radius 2 is 2.19 bits per heavy atom. The summed E-state index contributed by atoms with van der Waals surface area (Å²) in [6, 6.07) is 3.57. The van der Waals surface area contributed by atoms with Gasteiger partial charge in [0.1, 0.15) is 5.56 Å². The molecule has 1 atom stereocenters. The maximum absolute atomic E-state index is 11.6. The number of carboxylic acids is 1. The summed E-state index contributed by atoms with van der Waals surface area (Å²) in [7, 11) is 0. The summed E-state index contributed by atoms with van der Waals surface area (Å²) >= 11 is 0. The van der Waals surface area contributed by atoms with E-state index in [-0.39, 0.29) is 5.56 Å². The first-order chi connectivity index (χ1) is 9.92. The third kappa shape index (κ3) is 3.21. The first-order valence-corrected chi connectivity index (χ1v) is 6.90. The maximum Gasteiger partial charge on any atom is 0.341 e. The smallest absolute Gasteiger partial charge is 0.341 e. The van der Waals surface area contributed by atoms with E-state index in [1.54, 1.807) is 11.5 Å². The van der Waals surface area contributed by atoms with E-state index < -0.39 is 11.4 Å². The minimum absolute atomic E-state index is 0.220. The summed E-state index contributed by atoms with van der Waals surface area (Å²) in [4.78, 5) is 22.6. The second kappa shape index (κ2) is 5.95. The molecule has 0 bridgehead atoms. The lowest BCUT2D eigenvalue weighted by Crippen LogP contribution is -2.19. The van der Waals surface area contributed by atoms with Gasteiger partial charge in [0.2, 0.25) is 0 Å². The van der Waals surface area contributed by atoms with Crippen LogP contribution in [0.15, 0.2) is 29.3 Å². The third-order valence-corrected chi connectivity index (χ3v) is 3.61. The van der Waals surface area contributed by atoms with Crippen molar-refractivity contribution in [2.45, 2.75) is 39.8 Å². The Hall–Kier alpha value is -2.37. The van der Waals surface area contributed by atoms with Gasteiger partial charge in [0, 0.05) is 30.2 Å². The van der Waals surface area contributed by atoms with Gasteiger partial charge in [0.05, 0.1) is 12.2 Å². The average Bonchev–Trinajstić information content (AvgIpc) is 2.89. The molecule has 0 saturated heterocycles. The molecule has 112 valence electrons. The van der Waals surface area contributed by atoms with Crippen molar-refractivity contribution < 1.29 is 9.90 Å². The fourth-order valence-corrected chi connectivity index (χ4v) is 2.07. The molecule has 0 aromatic carbocycles. The van der Waals surface area contributed by atoms with Crippen molar-refractivity contribution >= 4 is 5.97 Å². The fraction of sp³-hybridized carbons (Fsp3) is 0.400. The third-order valence-electron chi connectivity index (χ3n) is 3.61. The molecule has 2 aromatic rings. The van der Waals surface area contributed by atoms with E-state index >= 15 is 0 Å². The van der Waals surface area contributed by atoms with Crippen LogP contribution in [0.4, 0.5) is 0 Å². The van der Waals surface area contributed by atoms with Crippen LogP contribution in [0.1, 0.15) is 48.1 Å². The quantitative estimate of drug-likeness (QED) is 0.914. The van der Waals surface area contributed by atoms with E-state index in [4.69, 9.17) is 5.11 Å². The molecule has 2 heterocycles. The van der Waals surface area contributed by atoms with Crippen LogP contribution in [0, 0.1) is 6.92 Å². The van der Waals surface area contributed by atoms with Crippen LogP contribution >= 0.6 is 0 Å². The molecule has 0 aliphatic heterocycles. The lowest BCUT2D eigenvalue weighted by molar-refractivity contribution is 0.0694. The summed E-state index contributed by atoms with van der Waals surface area (Å²) in [5.41, 5.74) is 0.852. The van der Waals surface area contributed by atoms with Crippen LogP contribution in [0.5, 0.6) is 0 Å². The largest absolute Gasteiger partial charge is 0.477 e. The summed E-state index contributed by atoms with van der Waals surface area (Å²) in [5.74, 6) is -1.21. The number of hydrogen-bond acceptors (Lipinski definition) is 3. The standard InChI is InChI=1S/C15H19N3O3/c1-4-10(2)18-6-5-12(16-18)8-17-9-13(15(20)21)14(19)7-11(17)3/h5-7,9-10H,4,8H2,1-3H3,(H,20,21). The second-order valence-corrected chi connectivity index (χ2v) is 5.17. The molecule has 0 aliphatic carbocycles. The molecule has 2 aromatic heterocycles. The Morgan fingerprint density at radius 3 is 2.81 bits per heavy atom. The first kappa shape index (κ1) is 15.0. The highest BCUT2D eigenvalue weighted by atomic mass is 16.4. The molecule has 0 aliphatic rings. The fourth-order valence-electron chi connectivity index (χ4n) is 2.07. The molecule has 0 saturated carbocycles. The molecule has 0 fully saturated rings. The lowest BCUT2D eigenvalue weighted by Gasteiger charge is -2.11. The topological polar surface area (TPSA) is 77.1 Å². The van der Waals surface area contributed by atoms with Crippen molar-refractivity contribution in [3.63, 3.8) is 0 Å². The monoisotopic (exact) mass is 289 g/mol. The Labute approximate surface area is 122 Å². The minimum Gasteiger partial charge on any atom is -0.477 e. The molecule has 1 unspecified atom stereocenters. The Morgan fingerprint density at radius 1 is 1.48 bits per heavy atom. The van der Waals surface area contributed by atoms with Crippen LogP contribution in [0.2, 0.25) is 0 Å². The molecule has 0 spiro atoms. The SMILES string of the molecule is CCC(C)n1ccc(Cn2cc(C(=O)O)c(=O)cc2C)n1. The molecule has 0 radical (unpaired) electrons. The van der Waals surface area contributed by atoms with Crippen molar-refractivity contribution in [3.8, 4) is 0 Å². The molecular weight excluding hydrogens is 270 g/mol. The van der Waals surface area contributed by atoms with Gasteiger partial charge in [-0.1, -0.05) is 6.92 Å². The Bertz CT molecular complexity index is 715. The van der Waals surface area contributed by atoms with Gasteiger partial charge < -0.3 is 9.67 Å². The predicted molar refractivity (Wildman–Crippen MR) is 78.7 cm³/mol. The first-order valence-electron chi connectivity index (χ1n) is 6.90. The minimum atomic E-state index is -1.21. The highest BCUT2D eigenvalue weighted by Crippen LogP contribution is 2.11. The molecule has 21 heavy (non-hydrogen) atoms. The number of aromatic nitrogens is 3. The zero-order valence-electron chi connectivity index (χ0n) is 12.4. The zero-order valence-corrected chi connectivity index (χ0v) is 12.4. The number of aromatic carboxylic acids is 1. The van der Waals surface area contributed by atoms with Crippen LogP contribution < -0.4 is 5.43 Å². The van der Waals surface area contributed by atoms with Gasteiger partial charge in [-0.3, -0.25) is 9.48 Å². The Kier molecular flexibility index (Phi) is 4.26. The van der Waals surface area contributed by atoms with Gasteiger partial charge in [0.15, 0.2) is 5.43 Å². The zero-order chi connectivity index (χ0) is 15.6. The van der Waals surface area contributed by atoms with E-state index in [0.29, 0.717) is 18.3 Å². The van der Waals surface area contributed by atoms with E-state index in [0.717, 1.165) is 12.1 Å². The normalized spacial score (nSPS) is 12.3. The average molecular weight is 289 g/mol. The lowest BCUT2D eigenvalue weighted by atomic mass is 10.2. The number of pyridine rings is 1. The summed E-state index contributed by atoms with van der Waals surface area (Å²) in [6.07, 6.45) is 4.28. The molecule has 1 N–H and O–H groups in total. The van der Waals surface area contributed by atoms with E-state index in [1.807, 2.05) is 16.9 Å². The molecule has 6 nitrogen and oxygen atoms in total. The van der Waals surface area contributed by atoms with Gasteiger partial charge in [0.25, 0.3) is 0 Å². The van der Waals surface area contributed by atoms with Crippen LogP contribution in [0.3, 0.4) is 0 Å². The van der Waals surface area contributed by atoms with Crippen molar-refractivity contribution in [2.24, 2.45) is 0 Å². The van der Waals surface area contributed by atoms with E-state index in [9.17, 15) is 9.59 Å². The molecule has 2 rings (SSSR count). The maximum atomic E-state index is 11.6. The van der Waals surface area contributed by atoms with E-state index in [1.165, 1.54) is 12.3 Å². The number of nitrogens with zero attached hydrogens (tertiary/aromatic N) is 3. The second-order valence-electron chi connectivity index (χ2n) is 5.17. The summed E-state index contributed by atoms with van der Waals surface area (Å²) in [6.45, 7) is 6.40. The van der Waals surface area contributed by atoms with Gasteiger partial charge in [-0.25, -0.2) is 4.79 Å². The van der Waals surface area contributed by atoms with Crippen LogP contribution in [-0.2, 0) is 6.54 Å². The van der Waals surface area contributed by atoms with Crippen molar-refractivity contribution in [1.82, 2.24) is 14.3 Å².